The first-order valence-electron chi connectivity index (χ1n) is 8.31. The lowest BCUT2D eigenvalue weighted by Crippen LogP contribution is -2.42. The molecule has 9 heteroatoms. The Balaban J connectivity index is 1.76. The summed E-state index contributed by atoms with van der Waals surface area (Å²) in [6.07, 6.45) is -2.51. The quantitative estimate of drug-likeness (QED) is 0.912. The number of nitrogens with zero attached hydrogens (tertiary/aromatic N) is 4. The van der Waals surface area contributed by atoms with Gasteiger partial charge in [-0.3, -0.25) is 0 Å². The van der Waals surface area contributed by atoms with Gasteiger partial charge in [0.2, 0.25) is 0 Å². The van der Waals surface area contributed by atoms with E-state index < -0.39 is 12.0 Å². The summed E-state index contributed by atoms with van der Waals surface area (Å²) in [7, 11) is 0. The molecule has 1 N–H and O–H groups in total. The summed E-state index contributed by atoms with van der Waals surface area (Å²) in [4.78, 5) is 0. The number of anilines is 1. The first kappa shape index (κ1) is 17.9. The van der Waals surface area contributed by atoms with Crippen molar-refractivity contribution >= 4 is 11.5 Å². The van der Waals surface area contributed by atoms with Crippen LogP contribution in [0.15, 0.2) is 12.1 Å². The van der Waals surface area contributed by atoms with E-state index in [4.69, 9.17) is 4.74 Å². The van der Waals surface area contributed by atoms with Crippen LogP contribution in [0, 0.1) is 11.3 Å². The number of halogens is 3. The van der Waals surface area contributed by atoms with Crippen LogP contribution in [0.1, 0.15) is 39.4 Å². The van der Waals surface area contributed by atoms with Gasteiger partial charge in [-0.1, -0.05) is 20.8 Å². The molecule has 0 aliphatic carbocycles. The minimum atomic E-state index is -4.60. The minimum Gasteiger partial charge on any atom is -0.377 e. The third kappa shape index (κ3) is 3.86. The molecule has 6 nitrogen and oxygen atoms in total. The Kier molecular flexibility index (Phi) is 4.61. The van der Waals surface area contributed by atoms with E-state index in [9.17, 15) is 13.2 Å². The topological polar surface area (TPSA) is 64.3 Å². The maximum absolute atomic E-state index is 12.9. The fourth-order valence-corrected chi connectivity index (χ4v) is 3.31. The van der Waals surface area contributed by atoms with Crippen LogP contribution < -0.4 is 5.32 Å². The molecule has 0 amide bonds. The molecule has 1 saturated heterocycles. The van der Waals surface area contributed by atoms with Gasteiger partial charge in [0.15, 0.2) is 5.65 Å². The molecule has 1 aliphatic rings. The first-order valence-corrected chi connectivity index (χ1v) is 8.31. The molecule has 138 valence electrons. The fourth-order valence-electron chi connectivity index (χ4n) is 3.31. The average Bonchev–Trinajstić information content (AvgIpc) is 2.95. The van der Waals surface area contributed by atoms with E-state index >= 15 is 0 Å². The molecule has 1 fully saturated rings. The molecular weight excluding hydrogens is 335 g/mol. The SMILES string of the molecule is CC(C)(C)C1OCCCC1CNc1ccc2nnc(C(F)(F)F)n2n1. The van der Waals surface area contributed by atoms with Gasteiger partial charge in [0.05, 0.1) is 6.10 Å². The molecule has 1 aliphatic heterocycles. The second-order valence-electron chi connectivity index (χ2n) is 7.45. The van der Waals surface area contributed by atoms with E-state index in [1.807, 2.05) is 0 Å². The molecule has 2 unspecified atom stereocenters. The number of hydrogen-bond donors (Lipinski definition) is 1. The smallest absolute Gasteiger partial charge is 0.377 e. The maximum Gasteiger partial charge on any atom is 0.453 e. The molecule has 0 spiro atoms. The summed E-state index contributed by atoms with van der Waals surface area (Å²) < 4.78 is 45.5. The lowest BCUT2D eigenvalue weighted by Gasteiger charge is -2.40. The van der Waals surface area contributed by atoms with Crippen LogP contribution in [0.4, 0.5) is 19.0 Å². The van der Waals surface area contributed by atoms with Crippen LogP contribution in [0.5, 0.6) is 0 Å². The summed E-state index contributed by atoms with van der Waals surface area (Å²) in [5.74, 6) is -0.495. The van der Waals surface area contributed by atoms with E-state index in [2.05, 4.69) is 41.4 Å². The Morgan fingerprint density at radius 3 is 2.68 bits per heavy atom. The largest absolute Gasteiger partial charge is 0.453 e. The molecule has 0 aromatic carbocycles. The zero-order chi connectivity index (χ0) is 18.2. The van der Waals surface area contributed by atoms with Gasteiger partial charge in [0.25, 0.3) is 5.82 Å². The normalized spacial score (nSPS) is 22.3. The molecular formula is C16H22F3N5O. The van der Waals surface area contributed by atoms with Gasteiger partial charge < -0.3 is 10.1 Å². The third-order valence-corrected chi connectivity index (χ3v) is 4.36. The first-order chi connectivity index (χ1) is 11.7. The predicted octanol–water partition coefficient (Wildman–Crippen LogP) is 3.40. The predicted molar refractivity (Wildman–Crippen MR) is 86.2 cm³/mol. The third-order valence-electron chi connectivity index (χ3n) is 4.36. The van der Waals surface area contributed by atoms with Crippen molar-refractivity contribution in [3.8, 4) is 0 Å². The van der Waals surface area contributed by atoms with Crippen molar-refractivity contribution in [2.45, 2.75) is 45.9 Å². The van der Waals surface area contributed by atoms with Crippen LogP contribution in [0.2, 0.25) is 0 Å². The highest BCUT2D eigenvalue weighted by molar-refractivity contribution is 5.44. The van der Waals surface area contributed by atoms with E-state index in [0.717, 1.165) is 24.0 Å². The lowest BCUT2D eigenvalue weighted by molar-refractivity contribution is -0.146. The van der Waals surface area contributed by atoms with Crippen molar-refractivity contribution in [2.75, 3.05) is 18.5 Å². The number of hydrogen-bond acceptors (Lipinski definition) is 5. The van der Waals surface area contributed by atoms with Crippen LogP contribution in [-0.2, 0) is 10.9 Å². The zero-order valence-electron chi connectivity index (χ0n) is 14.5. The zero-order valence-corrected chi connectivity index (χ0v) is 14.5. The van der Waals surface area contributed by atoms with Crippen molar-refractivity contribution in [3.63, 3.8) is 0 Å². The van der Waals surface area contributed by atoms with E-state index in [0.29, 0.717) is 12.4 Å². The molecule has 2 atom stereocenters. The second kappa shape index (κ2) is 6.44. The van der Waals surface area contributed by atoms with Crippen molar-refractivity contribution < 1.29 is 17.9 Å². The van der Waals surface area contributed by atoms with Crippen LogP contribution >= 0.6 is 0 Å². The summed E-state index contributed by atoms with van der Waals surface area (Å²) in [5, 5.41) is 13.8. The summed E-state index contributed by atoms with van der Waals surface area (Å²) in [6.45, 7) is 7.73. The molecule has 2 aromatic rings. The van der Waals surface area contributed by atoms with Gasteiger partial charge in [-0.05, 0) is 30.4 Å². The molecule has 3 rings (SSSR count). The Morgan fingerprint density at radius 1 is 1.24 bits per heavy atom. The molecule has 0 saturated carbocycles. The van der Waals surface area contributed by atoms with Gasteiger partial charge >= 0.3 is 6.18 Å². The monoisotopic (exact) mass is 357 g/mol. The highest BCUT2D eigenvalue weighted by Gasteiger charge is 2.38. The second-order valence-corrected chi connectivity index (χ2v) is 7.45. The number of fused-ring (bicyclic) bond motifs is 1. The van der Waals surface area contributed by atoms with Gasteiger partial charge in [-0.25, -0.2) is 0 Å². The maximum atomic E-state index is 12.9. The highest BCUT2D eigenvalue weighted by atomic mass is 19.4. The molecule has 0 bridgehead atoms. The van der Waals surface area contributed by atoms with Crippen molar-refractivity contribution in [1.29, 1.82) is 0 Å². The Bertz CT molecular complexity index is 737. The van der Waals surface area contributed by atoms with Gasteiger partial charge in [-0.2, -0.15) is 17.7 Å². The number of ether oxygens (including phenoxy) is 1. The Morgan fingerprint density at radius 2 is 2.00 bits per heavy atom. The van der Waals surface area contributed by atoms with Crippen molar-refractivity contribution in [2.24, 2.45) is 11.3 Å². The van der Waals surface area contributed by atoms with Crippen LogP contribution in [0.3, 0.4) is 0 Å². The Labute approximate surface area is 143 Å². The molecule has 0 radical (unpaired) electrons. The van der Waals surface area contributed by atoms with E-state index in [-0.39, 0.29) is 23.1 Å². The Hall–Kier alpha value is -1.90. The minimum absolute atomic E-state index is 0.00186. The molecule has 25 heavy (non-hydrogen) atoms. The van der Waals surface area contributed by atoms with Crippen LogP contribution in [-0.4, -0.2) is 39.1 Å². The fraction of sp³-hybridized carbons (Fsp3) is 0.688. The van der Waals surface area contributed by atoms with E-state index in [1.54, 1.807) is 6.07 Å². The van der Waals surface area contributed by atoms with Crippen molar-refractivity contribution in [1.82, 2.24) is 19.8 Å². The van der Waals surface area contributed by atoms with E-state index in [1.165, 1.54) is 6.07 Å². The summed E-state index contributed by atoms with van der Waals surface area (Å²) >= 11 is 0. The van der Waals surface area contributed by atoms with Crippen molar-refractivity contribution in [3.05, 3.63) is 18.0 Å². The van der Waals surface area contributed by atoms with Gasteiger partial charge in [0, 0.05) is 19.1 Å². The standard InChI is InChI=1S/C16H22F3N5O/c1-15(2,3)13-10(5-4-8-25-13)9-20-11-6-7-12-21-22-14(16(17,18)19)24(12)23-11/h6-7,10,13H,4-5,8-9H2,1-3H3,(H,20,23). The molecule has 3 heterocycles. The highest BCUT2D eigenvalue weighted by Crippen LogP contribution is 2.34. The van der Waals surface area contributed by atoms with Gasteiger partial charge in [-0.15, -0.1) is 15.3 Å². The lowest BCUT2D eigenvalue weighted by atomic mass is 9.78. The van der Waals surface area contributed by atoms with Crippen LogP contribution in [0.25, 0.3) is 5.65 Å². The number of alkyl halides is 3. The number of nitrogens with one attached hydrogen (secondary N) is 1. The van der Waals surface area contributed by atoms with Gasteiger partial charge in [0.1, 0.15) is 5.82 Å². The summed E-state index contributed by atoms with van der Waals surface area (Å²) in [6, 6.07) is 3.08. The average molecular weight is 357 g/mol. The summed E-state index contributed by atoms with van der Waals surface area (Å²) in [5.41, 5.74) is 0.0634. The number of rotatable bonds is 3. The number of aromatic nitrogens is 4. The molecule has 2 aromatic heterocycles.